The summed E-state index contributed by atoms with van der Waals surface area (Å²) in [5, 5.41) is 0. The van der Waals surface area contributed by atoms with Crippen molar-refractivity contribution in [2.24, 2.45) is 41.4 Å². The van der Waals surface area contributed by atoms with Crippen molar-refractivity contribution in [2.45, 2.75) is 182 Å². The first-order valence-electron chi connectivity index (χ1n) is 43.8. The summed E-state index contributed by atoms with van der Waals surface area (Å²) in [6, 6.07) is 36.5. The lowest BCUT2D eigenvalue weighted by Crippen LogP contribution is -2.53. The maximum Gasteiger partial charge on any atom is 0.416 e. The fourth-order valence-electron chi connectivity index (χ4n) is 21.2. The topological polar surface area (TPSA) is 71.2 Å². The van der Waals surface area contributed by atoms with Crippen LogP contribution in [0.1, 0.15) is 156 Å². The molecule has 5 saturated carbocycles. The molecule has 6 saturated heterocycles. The number of benzene rings is 5. The third-order valence-corrected chi connectivity index (χ3v) is 28.0. The molecule has 608 valence electrons. The van der Waals surface area contributed by atoms with E-state index >= 15 is 0 Å². The van der Waals surface area contributed by atoms with E-state index in [0.29, 0.717) is 44.5 Å². The predicted molar refractivity (Wildman–Crippen MR) is 454 cm³/mol. The van der Waals surface area contributed by atoms with E-state index in [1.165, 1.54) is 263 Å². The molecule has 11 fully saturated rings. The molecule has 6 aliphatic heterocycles. The maximum absolute atomic E-state index is 12.9. The Morgan fingerprint density at radius 3 is 1.59 bits per heavy atom. The number of para-hydroxylation sites is 2. The van der Waals surface area contributed by atoms with Gasteiger partial charge in [-0.2, -0.15) is 13.2 Å². The predicted octanol–water partition coefficient (Wildman–Crippen LogP) is 17.7. The zero-order valence-corrected chi connectivity index (χ0v) is 69.5. The van der Waals surface area contributed by atoms with E-state index in [0.717, 1.165) is 104 Å². The van der Waals surface area contributed by atoms with Gasteiger partial charge in [0.1, 0.15) is 5.75 Å². The number of ether oxygens (including phenoxy) is 2. The second kappa shape index (κ2) is 39.2. The third-order valence-electron chi connectivity index (χ3n) is 28.0. The first-order chi connectivity index (χ1) is 53.8. The minimum atomic E-state index is -4.31. The van der Waals surface area contributed by atoms with Gasteiger partial charge in [-0.25, -0.2) is 4.79 Å². The van der Waals surface area contributed by atoms with E-state index in [9.17, 15) is 18.0 Å². The van der Waals surface area contributed by atoms with Gasteiger partial charge in [-0.15, -0.1) is 0 Å². The van der Waals surface area contributed by atoms with Crippen LogP contribution in [0.2, 0.25) is 0 Å². The average molecular weight is 1530 g/mol. The smallest absolute Gasteiger partial charge is 0.416 e. The van der Waals surface area contributed by atoms with Gasteiger partial charge >= 0.3 is 12.3 Å². The number of fused-ring (bicyclic) bond motifs is 4. The Bertz CT molecular complexity index is 3740. The molecule has 17 rings (SSSR count). The number of alkyl halides is 3. The van der Waals surface area contributed by atoms with Gasteiger partial charge in [0, 0.05) is 198 Å². The van der Waals surface area contributed by atoms with Crippen molar-refractivity contribution >= 4 is 34.5 Å². The number of piperazine rings is 5. The summed E-state index contributed by atoms with van der Waals surface area (Å²) in [6.07, 6.45) is 22.7. The number of likely N-dealkylation sites (tertiary alicyclic amines) is 1. The molecule has 17 heteroatoms. The number of hydrogen-bond acceptors (Lipinski definition) is 13. The lowest BCUT2D eigenvalue weighted by molar-refractivity contribution is -0.137. The zero-order valence-electron chi connectivity index (χ0n) is 69.5. The molecule has 111 heavy (non-hydrogen) atoms. The van der Waals surface area contributed by atoms with Crippen molar-refractivity contribution in [3.63, 3.8) is 0 Å². The fourth-order valence-corrected chi connectivity index (χ4v) is 21.2. The molecule has 1 amide bonds. The second-order valence-corrected chi connectivity index (χ2v) is 35.4. The van der Waals surface area contributed by atoms with Crippen LogP contribution < -0.4 is 29.2 Å². The molecule has 8 unspecified atom stereocenters. The van der Waals surface area contributed by atoms with Crippen LogP contribution in [-0.4, -0.2) is 224 Å². The van der Waals surface area contributed by atoms with Gasteiger partial charge in [0.2, 0.25) is 0 Å². The summed E-state index contributed by atoms with van der Waals surface area (Å²) in [5.41, 5.74) is 14.1. The number of carbonyl (C=O) groups is 1. The molecule has 0 N–H and O–H groups in total. The molecule has 6 aliphatic carbocycles. The van der Waals surface area contributed by atoms with Crippen LogP contribution in [-0.2, 0) is 10.9 Å². The molecule has 0 radical (unpaired) electrons. The maximum atomic E-state index is 12.9. The highest BCUT2D eigenvalue weighted by atomic mass is 19.4. The van der Waals surface area contributed by atoms with Crippen LogP contribution >= 0.6 is 0 Å². The summed E-state index contributed by atoms with van der Waals surface area (Å²) in [6.45, 7) is 44.3. The second-order valence-electron chi connectivity index (χ2n) is 35.4. The van der Waals surface area contributed by atoms with E-state index in [2.05, 4.69) is 178 Å². The number of rotatable bonds is 14. The molecule has 0 aromatic heterocycles. The van der Waals surface area contributed by atoms with Gasteiger partial charge in [0.25, 0.3) is 0 Å². The highest BCUT2D eigenvalue weighted by molar-refractivity contribution is 5.67. The van der Waals surface area contributed by atoms with Gasteiger partial charge in [-0.1, -0.05) is 99.4 Å². The molecule has 12 aliphatic rings. The Labute approximate surface area is 667 Å². The Morgan fingerprint density at radius 2 is 1.04 bits per heavy atom. The molecule has 4 bridgehead atoms. The minimum Gasteiger partial charge on any atom is -0.495 e. The minimum absolute atomic E-state index is 0.245. The van der Waals surface area contributed by atoms with E-state index < -0.39 is 11.7 Å². The molecule has 5 aromatic rings. The van der Waals surface area contributed by atoms with Gasteiger partial charge in [0.15, 0.2) is 0 Å². The van der Waals surface area contributed by atoms with Gasteiger partial charge in [-0.05, 0) is 249 Å². The Morgan fingerprint density at radius 1 is 0.468 bits per heavy atom. The lowest BCUT2D eigenvalue weighted by Gasteiger charge is -2.43. The molecular weight excluding hydrogens is 1390 g/mol. The molecule has 0 spiro atoms. The van der Waals surface area contributed by atoms with Crippen molar-refractivity contribution in [1.29, 1.82) is 0 Å². The largest absolute Gasteiger partial charge is 0.495 e. The number of anilines is 5. The molecule has 6 heterocycles. The standard InChI is InChI=1S/C19H26F3N3O2.C19H26N2O.C19H28N2.C19H30N2.C18H28N2/c1-2-27-18(26)25-8-6-16(7-9-25)23-10-12-24(13-11-23)17-5-3-4-15(14-17)19(20,21)22;1-22-19-5-3-2-4-18(19)21-10-8-20(9-11-21)14-17-13-15-6-7-16(17)12-15;1-14-3-4-15(2)18(11-14)20-7-9-21(10-8-20)19-13-16-5-6-17(19)12-16;1-16-7-6-10-19(17(16)2)21-13-11-20(12-14-21)15-18-8-4-3-5-9-18;1-14-5-7-17(12-14)19-8-10-20(11-9-19)18-13-15(2)4-6-16(18)3/h3-5,14,16H,2,6-13H2,1H3;2-7,15-17H,8-14H2,1H3;3-4,11,16-17,19H,5-10,12-13H2,1-2H3;6-7,10,18H,3-5,8-9,11-15H2,1-2H3;4,6,13-14,17H,5,7-12H2,1-3H3. The highest BCUT2D eigenvalue weighted by Crippen LogP contribution is 2.48. The number of allylic oxidation sites excluding steroid dienone is 2. The Kier molecular flexibility index (Phi) is 29.1. The molecular formula is C94H138F3N11O3. The average Bonchev–Trinajstić information content (AvgIpc) is 1.71. The zero-order chi connectivity index (χ0) is 77.5. The van der Waals surface area contributed by atoms with E-state index in [1.54, 1.807) is 25.0 Å². The van der Waals surface area contributed by atoms with Crippen molar-refractivity contribution < 1.29 is 27.4 Å². The van der Waals surface area contributed by atoms with Crippen LogP contribution in [0.3, 0.4) is 0 Å². The van der Waals surface area contributed by atoms with Crippen molar-refractivity contribution in [2.75, 3.05) is 195 Å². The van der Waals surface area contributed by atoms with E-state index in [1.807, 2.05) is 11.0 Å². The highest BCUT2D eigenvalue weighted by Gasteiger charge is 2.44. The normalized spacial score (nSPS) is 26.4. The number of halogens is 3. The number of piperidine rings is 1. The summed E-state index contributed by atoms with van der Waals surface area (Å²) < 4.78 is 49.3. The fraction of sp³-hybridized carbons (Fsp3) is 0.649. The van der Waals surface area contributed by atoms with Gasteiger partial charge in [-0.3, -0.25) is 24.5 Å². The van der Waals surface area contributed by atoms with Crippen molar-refractivity contribution in [3.8, 4) is 5.75 Å². The first-order valence-corrected chi connectivity index (χ1v) is 43.8. The first kappa shape index (κ1) is 82.5. The molecule has 8 atom stereocenters. The SMILES string of the molecule is CCOC(=O)N1CCC(N2CCN(c3cccc(C(F)(F)F)c3)CC2)CC1.COc1ccccc1N1CCN(CC2CC3C=CC2C3)CC1.Cc1ccc(C)c(N2CCN(C3CC4CCC3C4)CC2)c1.Cc1ccc(C)c(N2CCN(C3CCC(C)C3)CC2)c1.Cc1cccc(N2CCN(CC3CCCCC3)CC2)c1C. The van der Waals surface area contributed by atoms with Crippen molar-refractivity contribution in [3.05, 3.63) is 154 Å². The number of aryl methyl sites for hydroxylation is 5. The van der Waals surface area contributed by atoms with Crippen LogP contribution in [0.5, 0.6) is 5.75 Å². The van der Waals surface area contributed by atoms with Crippen molar-refractivity contribution in [1.82, 2.24) is 29.4 Å². The molecule has 5 aromatic carbocycles. The van der Waals surface area contributed by atoms with Gasteiger partial charge in [0.05, 0.1) is 25.0 Å². The van der Waals surface area contributed by atoms with Crippen LogP contribution in [0, 0.1) is 83.0 Å². The Balaban J connectivity index is 0.000000122. The number of methoxy groups -OCH3 is 1. The summed E-state index contributed by atoms with van der Waals surface area (Å²) in [5.74, 6) is 7.69. The number of carbonyl (C=O) groups excluding carboxylic acids is 1. The number of hydrogen-bond donors (Lipinski definition) is 0. The summed E-state index contributed by atoms with van der Waals surface area (Å²) in [7, 11) is 1.76. The Hall–Kier alpha value is -6.50. The van der Waals surface area contributed by atoms with Crippen LogP contribution in [0.25, 0.3) is 0 Å². The molecule has 14 nitrogen and oxygen atoms in total. The van der Waals surface area contributed by atoms with Gasteiger partial charge < -0.3 is 38.9 Å². The lowest BCUT2D eigenvalue weighted by atomic mass is 9.89. The number of nitrogens with zero attached hydrogens (tertiary/aromatic N) is 11. The monoisotopic (exact) mass is 1530 g/mol. The van der Waals surface area contributed by atoms with Crippen LogP contribution in [0.4, 0.5) is 46.4 Å². The third kappa shape index (κ3) is 21.9. The number of amides is 1. The summed E-state index contributed by atoms with van der Waals surface area (Å²) in [4.78, 5) is 39.1. The van der Waals surface area contributed by atoms with E-state index in [-0.39, 0.29) is 6.09 Å². The quantitative estimate of drug-likeness (QED) is 0.0992. The summed E-state index contributed by atoms with van der Waals surface area (Å²) >= 11 is 0. The van der Waals surface area contributed by atoms with E-state index in [4.69, 9.17) is 9.47 Å². The van der Waals surface area contributed by atoms with Crippen LogP contribution in [0.15, 0.2) is 115 Å².